The first kappa shape index (κ1) is 60.4. The van der Waals surface area contributed by atoms with Crippen LogP contribution in [0.1, 0.15) is 0 Å². The topological polar surface area (TPSA) is 45.4 Å². The maximum Gasteiger partial charge on any atom is 0.227 e. The second-order valence-electron chi connectivity index (χ2n) is 26.8. The van der Waals surface area contributed by atoms with Crippen LogP contribution in [0.5, 0.6) is 0 Å². The van der Waals surface area contributed by atoms with Crippen LogP contribution in [0.15, 0.2) is 381 Å². The van der Waals surface area contributed by atoms with Gasteiger partial charge in [-0.25, -0.2) is 9.97 Å². The van der Waals surface area contributed by atoms with Gasteiger partial charge in [-0.2, -0.15) is 0 Å². The van der Waals surface area contributed by atoms with Gasteiger partial charge in [-0.05, 0) is 218 Å². The van der Waals surface area contributed by atoms with E-state index in [0.717, 1.165) is 94.2 Å². The quantitative estimate of drug-likeness (QED) is 0.128. The molecule has 0 radical (unpaired) electrons. The molecule has 2 aromatic heterocycles. The van der Waals surface area contributed by atoms with Crippen molar-refractivity contribution >= 4 is 164 Å². The van der Waals surface area contributed by atoms with Crippen molar-refractivity contribution < 1.29 is 4.42 Å². The Morgan fingerprint density at radius 2 is 0.587 bits per heavy atom. The first-order valence-corrected chi connectivity index (χ1v) is 36.1. The summed E-state index contributed by atoms with van der Waals surface area (Å²) in [6, 6.07) is 135. The monoisotopic (exact) mass is 1340 g/mol. The van der Waals surface area contributed by atoms with Gasteiger partial charge in [-0.1, -0.05) is 267 Å². The minimum atomic E-state index is 0.637. The Balaban J connectivity index is 0.000000139. The molecule has 21 aromatic rings. The molecule has 486 valence electrons. The molecule has 6 heteroatoms. The molecule has 0 atom stereocenters. The Hall–Kier alpha value is -13.5. The Labute approximate surface area is 604 Å². The fourth-order valence-corrected chi connectivity index (χ4v) is 16.4. The maximum absolute atomic E-state index is 6.28. The number of thiazole rings is 1. The second-order valence-corrected chi connectivity index (χ2v) is 27.9. The van der Waals surface area contributed by atoms with E-state index in [2.05, 4.69) is 350 Å². The van der Waals surface area contributed by atoms with Gasteiger partial charge in [-0.15, -0.1) is 11.3 Å². The van der Waals surface area contributed by atoms with E-state index in [9.17, 15) is 0 Å². The normalized spacial score (nSPS) is 11.7. The van der Waals surface area contributed by atoms with Crippen LogP contribution >= 0.6 is 11.3 Å². The molecule has 0 N–H and O–H groups in total. The smallest absolute Gasteiger partial charge is 0.227 e. The zero-order valence-corrected chi connectivity index (χ0v) is 57.2. The lowest BCUT2D eigenvalue weighted by Gasteiger charge is -2.26. The highest BCUT2D eigenvalue weighted by molar-refractivity contribution is 7.21. The van der Waals surface area contributed by atoms with Crippen LogP contribution in [0.4, 0.5) is 34.1 Å². The van der Waals surface area contributed by atoms with Gasteiger partial charge >= 0.3 is 0 Å². The highest BCUT2D eigenvalue weighted by Crippen LogP contribution is 2.45. The standard InChI is InChI=1S/C51H32N2O.C47H30N2S/c1-2-10-38(11-3-1)51-52-50-48(54-51)29-23-37-17-14-36-15-18-40(32-47(36)49(37)50)34-20-24-42(25-21-34)53(43-26-22-33-8-4-5-12-39(33)30-43)44-27-28-46-41(31-44)19-16-35-9-6-7-13-45(35)46;1-2-10-36(11-3-1)47-48-46-44(50-47)27-22-35-16-14-34-15-17-39(30-43(34)45(35)46)33-18-23-40(24-19-33)49(41-25-20-31-8-4-6-12-37(31)28-41)42-26-21-32-9-5-7-13-38(32)29-42/h1-32H;1-30H. The van der Waals surface area contributed by atoms with Crippen LogP contribution in [0.2, 0.25) is 0 Å². The molecule has 21 rings (SSSR count). The summed E-state index contributed by atoms with van der Waals surface area (Å²) in [5.74, 6) is 0.637. The van der Waals surface area contributed by atoms with Crippen molar-refractivity contribution in [2.45, 2.75) is 0 Å². The van der Waals surface area contributed by atoms with Gasteiger partial charge in [0.05, 0.1) is 10.2 Å². The Morgan fingerprint density at radius 1 is 0.221 bits per heavy atom. The van der Waals surface area contributed by atoms with E-state index >= 15 is 0 Å². The van der Waals surface area contributed by atoms with Crippen molar-refractivity contribution in [3.63, 3.8) is 0 Å². The summed E-state index contributed by atoms with van der Waals surface area (Å²) in [5, 5.41) is 22.9. The average molecular weight is 1340 g/mol. The fraction of sp³-hybridized carbons (Fsp3) is 0. The first-order valence-electron chi connectivity index (χ1n) is 35.3. The number of hydrogen-bond donors (Lipinski definition) is 0. The van der Waals surface area contributed by atoms with Gasteiger partial charge in [0.15, 0.2) is 5.58 Å². The molecular weight excluding hydrogens is 1280 g/mol. The van der Waals surface area contributed by atoms with Gasteiger partial charge in [0.25, 0.3) is 0 Å². The van der Waals surface area contributed by atoms with E-state index < -0.39 is 0 Å². The molecule has 0 amide bonds. The number of aromatic nitrogens is 2. The summed E-state index contributed by atoms with van der Waals surface area (Å²) in [6.07, 6.45) is 0. The summed E-state index contributed by atoms with van der Waals surface area (Å²) >= 11 is 1.76. The molecule has 5 nitrogen and oxygen atoms in total. The third-order valence-corrected chi connectivity index (χ3v) is 21.7. The number of benzene rings is 19. The summed E-state index contributed by atoms with van der Waals surface area (Å²) in [7, 11) is 0. The van der Waals surface area contributed by atoms with Crippen LogP contribution in [-0.4, -0.2) is 9.97 Å². The van der Waals surface area contributed by atoms with Gasteiger partial charge in [0.2, 0.25) is 5.89 Å². The number of hydrogen-bond acceptors (Lipinski definition) is 6. The molecule has 104 heavy (non-hydrogen) atoms. The van der Waals surface area contributed by atoms with Crippen molar-refractivity contribution in [3.05, 3.63) is 376 Å². The predicted octanol–water partition coefficient (Wildman–Crippen LogP) is 28.1. The van der Waals surface area contributed by atoms with E-state index in [1.54, 1.807) is 11.3 Å². The second kappa shape index (κ2) is 25.3. The number of fused-ring (bicyclic) bond motifs is 16. The molecule has 0 aliphatic carbocycles. The minimum Gasteiger partial charge on any atom is -0.436 e. The van der Waals surface area contributed by atoms with E-state index in [1.807, 2.05) is 36.4 Å². The highest BCUT2D eigenvalue weighted by Gasteiger charge is 2.20. The van der Waals surface area contributed by atoms with Crippen LogP contribution < -0.4 is 9.80 Å². The predicted molar refractivity (Wildman–Crippen MR) is 442 cm³/mol. The highest BCUT2D eigenvalue weighted by atomic mass is 32.1. The molecule has 0 spiro atoms. The molecule has 0 saturated carbocycles. The average Bonchev–Trinajstić information content (AvgIpc) is 1.45. The summed E-state index contributed by atoms with van der Waals surface area (Å²) in [5.41, 5.74) is 16.3. The van der Waals surface area contributed by atoms with Crippen molar-refractivity contribution in [1.82, 2.24) is 9.97 Å². The summed E-state index contributed by atoms with van der Waals surface area (Å²) in [6.45, 7) is 0. The Morgan fingerprint density at radius 3 is 1.12 bits per heavy atom. The zero-order chi connectivity index (χ0) is 68.6. The van der Waals surface area contributed by atoms with Crippen LogP contribution in [0.25, 0.3) is 163 Å². The molecule has 0 aliphatic rings. The van der Waals surface area contributed by atoms with Crippen molar-refractivity contribution in [2.75, 3.05) is 9.80 Å². The lowest BCUT2D eigenvalue weighted by Crippen LogP contribution is -2.09. The van der Waals surface area contributed by atoms with E-state index in [1.165, 1.54) is 96.6 Å². The molecule has 0 aliphatic heterocycles. The molecule has 0 saturated heterocycles. The number of oxazole rings is 1. The van der Waals surface area contributed by atoms with Crippen molar-refractivity contribution in [1.29, 1.82) is 0 Å². The lowest BCUT2D eigenvalue weighted by atomic mass is 9.96. The lowest BCUT2D eigenvalue weighted by molar-refractivity contribution is 0.620. The molecular formula is C98H62N4OS. The van der Waals surface area contributed by atoms with Crippen molar-refractivity contribution in [3.8, 4) is 44.3 Å². The number of rotatable bonds is 10. The number of anilines is 6. The van der Waals surface area contributed by atoms with E-state index in [0.29, 0.717) is 5.89 Å². The summed E-state index contributed by atoms with van der Waals surface area (Å²) < 4.78 is 7.49. The van der Waals surface area contributed by atoms with Crippen LogP contribution in [-0.2, 0) is 0 Å². The van der Waals surface area contributed by atoms with Gasteiger partial charge in [-0.3, -0.25) is 0 Å². The third-order valence-electron chi connectivity index (χ3n) is 20.6. The maximum atomic E-state index is 6.28. The molecule has 19 aromatic carbocycles. The molecule has 0 fully saturated rings. The van der Waals surface area contributed by atoms with Crippen LogP contribution in [0.3, 0.4) is 0 Å². The van der Waals surface area contributed by atoms with Crippen molar-refractivity contribution in [2.24, 2.45) is 0 Å². The van der Waals surface area contributed by atoms with Gasteiger partial charge < -0.3 is 14.2 Å². The number of nitrogens with zero attached hydrogens (tertiary/aromatic N) is 4. The minimum absolute atomic E-state index is 0.637. The SMILES string of the molecule is c1ccc(-c2nc3c(ccc4ccc5ccc(-c6ccc(N(c7ccc8ccccc8c7)c7ccc8c(ccc9ccccc98)c7)cc6)cc5c43)o2)cc1.c1ccc(-c2nc3c(ccc4ccc5ccc(-c6ccc(N(c7ccc8ccccc8c7)c7ccc8ccccc8c7)cc6)cc5c43)s2)cc1. The van der Waals surface area contributed by atoms with Crippen LogP contribution in [0, 0.1) is 0 Å². The molecule has 2 heterocycles. The van der Waals surface area contributed by atoms with Gasteiger partial charge in [0.1, 0.15) is 10.5 Å². The molecule has 0 unspecified atom stereocenters. The van der Waals surface area contributed by atoms with Gasteiger partial charge in [0, 0.05) is 56.0 Å². The molecule has 0 bridgehead atoms. The fourth-order valence-electron chi connectivity index (χ4n) is 15.4. The summed E-state index contributed by atoms with van der Waals surface area (Å²) in [4.78, 5) is 15.0. The first-order chi connectivity index (χ1) is 51.5. The third kappa shape index (κ3) is 10.9. The van der Waals surface area contributed by atoms with E-state index in [4.69, 9.17) is 14.4 Å². The zero-order valence-electron chi connectivity index (χ0n) is 56.4. The Bertz CT molecular complexity index is 6850. The largest absolute Gasteiger partial charge is 0.436 e. The van der Waals surface area contributed by atoms with E-state index in [-0.39, 0.29) is 0 Å². The Kier molecular flexibility index (Phi) is 14.7.